The molecule has 0 radical (unpaired) electrons. The molecular weight excluding hydrogens is 2000 g/mol. The fourth-order valence-corrected chi connectivity index (χ4v) is 36.4. The molecular formula is C83H79IN8O5S2Si4Te4. The van der Waals surface area contributed by atoms with E-state index >= 15 is 0 Å². The van der Waals surface area contributed by atoms with Gasteiger partial charge in [-0.25, -0.2) is 0 Å². The van der Waals surface area contributed by atoms with Gasteiger partial charge in [-0.2, -0.15) is 0 Å². The fraction of sp³-hybridized carbons (Fsp3) is 0.120. The van der Waals surface area contributed by atoms with Crippen LogP contribution < -0.4 is 82.8 Å². The molecule has 6 aliphatic heterocycles. The van der Waals surface area contributed by atoms with E-state index in [0.717, 1.165) is 13.4 Å². The maximum absolute atomic E-state index is 12.2. The van der Waals surface area contributed by atoms with Crippen LogP contribution in [-0.2, 0) is 19.2 Å². The molecule has 0 saturated carbocycles. The molecule has 5 N–H and O–H groups in total. The predicted molar refractivity (Wildman–Crippen MR) is 476 cm³/mol. The van der Waals surface area contributed by atoms with Crippen molar-refractivity contribution >= 4 is 305 Å². The number of thiocarbonyl (C=S) groups is 2. The van der Waals surface area contributed by atoms with Crippen molar-refractivity contribution in [3.63, 3.8) is 0 Å². The quantitative estimate of drug-likeness (QED) is 0.0213. The molecule has 10 heterocycles. The molecule has 0 bridgehead atoms. The number of aldehydes is 1. The Morgan fingerprint density at radius 1 is 0.364 bits per heavy atom. The van der Waals surface area contributed by atoms with Crippen molar-refractivity contribution in [2.45, 2.75) is 66.2 Å². The van der Waals surface area contributed by atoms with Gasteiger partial charge in [0.1, 0.15) is 14.5 Å². The van der Waals surface area contributed by atoms with Gasteiger partial charge in [-0.05, 0) is 34.7 Å². The Morgan fingerprint density at radius 3 is 1.01 bits per heavy atom. The van der Waals surface area contributed by atoms with E-state index < -0.39 is 85.0 Å². The number of carbonyl (C=O) groups is 5. The summed E-state index contributed by atoms with van der Waals surface area (Å²) in [5.74, 6) is -1.58. The first-order valence-electron chi connectivity index (χ1n) is 34.3. The monoisotopic (exact) mass is 2090 g/mol. The minimum Gasteiger partial charge on any atom is -0.302 e. The predicted octanol–water partition coefficient (Wildman–Crippen LogP) is 12.2. The number of nitrogens with zero attached hydrogens (tertiary/aromatic N) is 3. The molecule has 13 nitrogen and oxygen atoms in total. The summed E-state index contributed by atoms with van der Waals surface area (Å²) in [6, 6.07) is 87.5. The molecule has 24 heteroatoms. The van der Waals surface area contributed by atoms with Crippen molar-refractivity contribution in [3.05, 3.63) is 265 Å². The van der Waals surface area contributed by atoms with E-state index in [1.54, 1.807) is 18.0 Å². The molecule has 107 heavy (non-hydrogen) atoms. The zero-order valence-electron chi connectivity index (χ0n) is 59.3. The summed E-state index contributed by atoms with van der Waals surface area (Å²) in [5.41, 5.74) is 10.6. The number of anilines is 11. The number of amides is 4. The number of halogens is 1. The summed E-state index contributed by atoms with van der Waals surface area (Å²) in [7, 11) is -6.59. The molecule has 4 aromatic heterocycles. The molecule has 18 rings (SSSR count). The van der Waals surface area contributed by atoms with E-state index in [2.05, 4.69) is 367 Å². The standard InChI is InChI=1S/C23H19N3O2SSiTe.C19H17NOSiTe.C18H17NSiTe.C14H15NSi.C4H3ITe.C4H4N2O2S.CH4/c1-30(2)18-9-5-3-7-16(18)26(17-8-4-6-10-19(17)30)20-12-11-14(31-20)13-15-21(27)24-23(29)25-22(15)28;1-22(2)17-9-5-3-7-15(17)20(16-8-4-6-10-18(16)22)19-12-11-14(13-21)23-19;1-20(2)16-10-5-3-8-14(16)19(18-12-7-13-21-18)15-9-4-6-11-17(15)20;1-16(2)13-9-5-3-7-11(13)15-12-8-4-6-10-14(12)16;5-4-2-1-3-6-4;7-2-1-3(8)6-4(9)5-2;/h3-13H,1-2H3,(H2,24,25,27,28,29);3-13H,1-2H3;3-13H,1-2H3;3-10,15H,1-2H3;1-3H;1H2,(H2,5,6,7,8,9);1H4. The molecule has 0 spiro atoms. The van der Waals surface area contributed by atoms with E-state index in [1.165, 1.54) is 87.7 Å². The molecule has 0 unspecified atom stereocenters. The van der Waals surface area contributed by atoms with Crippen LogP contribution in [0.1, 0.15) is 25.8 Å². The first-order valence-corrected chi connectivity index (χ1v) is 57.9. The van der Waals surface area contributed by atoms with Crippen molar-refractivity contribution in [3.8, 4) is 0 Å². The van der Waals surface area contributed by atoms with Crippen LogP contribution in [0.2, 0.25) is 52.4 Å². The van der Waals surface area contributed by atoms with Gasteiger partial charge in [0.2, 0.25) is 11.8 Å². The Labute approximate surface area is 693 Å². The largest absolute Gasteiger partial charge is 0.302 e. The van der Waals surface area contributed by atoms with Crippen molar-refractivity contribution in [1.82, 2.24) is 21.3 Å². The van der Waals surface area contributed by atoms with Crippen LogP contribution in [0.15, 0.2) is 256 Å². The second kappa shape index (κ2) is 34.2. The number of para-hydroxylation sites is 8. The number of fused-ring (bicyclic) bond motifs is 8. The number of carbonyl (C=O) groups excluding carboxylic acids is 5. The third kappa shape index (κ3) is 16.9. The summed E-state index contributed by atoms with van der Waals surface area (Å²) in [6.45, 7) is 19.5. The van der Waals surface area contributed by atoms with E-state index in [1.807, 2.05) is 12.1 Å². The maximum atomic E-state index is 12.2. The Hall–Kier alpha value is -6.89. The molecule has 6 aliphatic rings. The van der Waals surface area contributed by atoms with Crippen LogP contribution in [0.3, 0.4) is 0 Å². The van der Waals surface area contributed by atoms with Crippen molar-refractivity contribution in [2.75, 3.05) is 20.0 Å². The average Bonchev–Trinajstić information content (AvgIpc) is 1.46. The SMILES string of the molecule is C.C[Si]1(C)c2ccccc2N(c2ccc(C=C3C(=O)NC(=S)NC3=O)[te]2)c2ccccc21.C[Si]1(C)c2ccccc2N(c2ccc(C=O)[te]2)c2ccccc21.C[Si]1(C)c2ccccc2N(c2ccc[te]2)c2ccccc21.C[Si]1(C)c2ccccc2Nc2ccccc21.Ic1ccc[te]1.O=C1CC(=O)NC(=S)N1. The van der Waals surface area contributed by atoms with Gasteiger partial charge in [0, 0.05) is 11.4 Å². The van der Waals surface area contributed by atoms with Crippen LogP contribution in [-0.4, -0.2) is 154 Å². The van der Waals surface area contributed by atoms with E-state index in [0.29, 0.717) is 0 Å². The van der Waals surface area contributed by atoms with Gasteiger partial charge in [-0.3, -0.25) is 9.59 Å². The van der Waals surface area contributed by atoms with Gasteiger partial charge in [0.05, 0.1) is 0 Å². The van der Waals surface area contributed by atoms with Crippen LogP contribution in [0.5, 0.6) is 0 Å². The molecule has 8 aromatic carbocycles. The topological polar surface area (TPSA) is 155 Å². The van der Waals surface area contributed by atoms with Gasteiger partial charge in [-0.1, -0.05) is 56.9 Å². The minimum absolute atomic E-state index is 0. The smallest absolute Gasteiger partial charge is 0.235 e. The van der Waals surface area contributed by atoms with E-state index in [9.17, 15) is 24.0 Å². The third-order valence-electron chi connectivity index (χ3n) is 19.4. The van der Waals surface area contributed by atoms with Crippen LogP contribution in [0, 0.1) is 1.59 Å². The fourth-order valence-electron chi connectivity index (χ4n) is 14.3. The molecule has 2 fully saturated rings. The zero-order valence-corrected chi connectivity index (χ0v) is 76.4. The Bertz CT molecular complexity index is 5150. The number of hydrogen-bond donors (Lipinski definition) is 5. The van der Waals surface area contributed by atoms with Gasteiger partial charge >= 0.3 is 542 Å². The molecule has 4 amide bonds. The first-order chi connectivity index (χ1) is 50.9. The molecule has 540 valence electrons. The second-order valence-electron chi connectivity index (χ2n) is 27.6. The van der Waals surface area contributed by atoms with Gasteiger partial charge in [0.15, 0.2) is 5.11 Å². The second-order valence-corrected chi connectivity index (χ2v) is 60.7. The summed E-state index contributed by atoms with van der Waals surface area (Å²) in [5, 5.41) is 25.2. The third-order valence-corrected chi connectivity index (χ3v) is 46.1. The van der Waals surface area contributed by atoms with Crippen LogP contribution in [0.25, 0.3) is 6.08 Å². The van der Waals surface area contributed by atoms with Gasteiger partial charge < -0.3 is 16.0 Å². The van der Waals surface area contributed by atoms with Crippen molar-refractivity contribution in [1.29, 1.82) is 0 Å². The molecule has 2 saturated heterocycles. The molecule has 12 aromatic rings. The molecule has 0 aliphatic carbocycles. The summed E-state index contributed by atoms with van der Waals surface area (Å²) in [4.78, 5) is 63.7. The summed E-state index contributed by atoms with van der Waals surface area (Å²) < 4.78 is 12.3. The van der Waals surface area contributed by atoms with Crippen molar-refractivity contribution < 1.29 is 24.0 Å². The maximum Gasteiger partial charge on any atom is 0.235 e. The summed E-state index contributed by atoms with van der Waals surface area (Å²) >= 11 is 10.4. The van der Waals surface area contributed by atoms with E-state index in [-0.39, 0.29) is 82.3 Å². The van der Waals surface area contributed by atoms with Crippen LogP contribution >= 0.6 is 47.0 Å². The Morgan fingerprint density at radius 2 is 0.682 bits per heavy atom. The van der Waals surface area contributed by atoms with E-state index in [4.69, 9.17) is 12.2 Å². The Balaban J connectivity index is 0.000000127. The van der Waals surface area contributed by atoms with Gasteiger partial charge in [0.25, 0.3) is 0 Å². The summed E-state index contributed by atoms with van der Waals surface area (Å²) in [6.07, 6.45) is 2.60. The number of benzene rings is 8. The minimum atomic E-state index is -1.80. The zero-order chi connectivity index (χ0) is 74.7. The number of hydrogen-bond acceptors (Lipinski definition) is 11. The normalized spacial score (nSPS) is 15.6. The average molecular weight is 2080 g/mol. The van der Waals surface area contributed by atoms with Gasteiger partial charge in [-0.15, -0.1) is 0 Å². The van der Waals surface area contributed by atoms with Crippen molar-refractivity contribution in [2.24, 2.45) is 0 Å². The van der Waals surface area contributed by atoms with Crippen LogP contribution in [0.4, 0.5) is 56.6 Å². The number of rotatable bonds is 5. The number of nitrogens with one attached hydrogen (secondary N) is 5. The first kappa shape index (κ1) is 79.6. The molecule has 0 atom stereocenters. The Kier molecular flexibility index (Phi) is 25.4.